The fourth-order valence-corrected chi connectivity index (χ4v) is 2.05. The Balaban J connectivity index is 2.30. The highest BCUT2D eigenvalue weighted by Gasteiger charge is 2.23. The van der Waals surface area contributed by atoms with Crippen LogP contribution in [0.4, 0.5) is 5.69 Å². The third-order valence-electron chi connectivity index (χ3n) is 3.08. The lowest BCUT2D eigenvalue weighted by molar-refractivity contribution is 0.401. The highest BCUT2D eigenvalue weighted by molar-refractivity contribution is 6.30. The highest BCUT2D eigenvalue weighted by atomic mass is 35.5. The number of rotatable bonds is 2. The molecule has 0 aromatic heterocycles. The summed E-state index contributed by atoms with van der Waals surface area (Å²) in [7, 11) is 2.05. The molecule has 0 unspecified atom stereocenters. The summed E-state index contributed by atoms with van der Waals surface area (Å²) in [5, 5.41) is 9.65. The van der Waals surface area contributed by atoms with Crippen LogP contribution in [0.5, 0.6) is 0 Å². The molecule has 1 aliphatic rings. The van der Waals surface area contributed by atoms with Crippen molar-refractivity contribution in [1.82, 2.24) is 0 Å². The summed E-state index contributed by atoms with van der Waals surface area (Å²) in [6.45, 7) is 0. The fourth-order valence-electron chi connectivity index (χ4n) is 1.88. The molecule has 0 saturated heterocycles. The van der Waals surface area contributed by atoms with Crippen molar-refractivity contribution in [2.24, 2.45) is 0 Å². The van der Waals surface area contributed by atoms with Gasteiger partial charge in [-0.25, -0.2) is 0 Å². The molecule has 1 fully saturated rings. The minimum Gasteiger partial charge on any atom is -0.371 e. The van der Waals surface area contributed by atoms with Gasteiger partial charge in [0.05, 0.1) is 11.3 Å². The molecule has 0 aliphatic heterocycles. The quantitative estimate of drug-likeness (QED) is 0.766. The second-order valence-electron chi connectivity index (χ2n) is 3.97. The molecule has 2 rings (SSSR count). The van der Waals surface area contributed by atoms with Crippen LogP contribution in [-0.4, -0.2) is 13.1 Å². The van der Waals surface area contributed by atoms with Crippen molar-refractivity contribution in [3.63, 3.8) is 0 Å². The van der Waals surface area contributed by atoms with Crippen LogP contribution in [0, 0.1) is 11.3 Å². The van der Waals surface area contributed by atoms with Crippen LogP contribution in [0.15, 0.2) is 18.2 Å². The van der Waals surface area contributed by atoms with Crippen molar-refractivity contribution in [3.8, 4) is 6.07 Å². The highest BCUT2D eigenvalue weighted by Crippen LogP contribution is 2.31. The molecule has 0 bridgehead atoms. The Bertz CT molecular complexity index is 405. The lowest BCUT2D eigenvalue weighted by atomic mass is 9.91. The summed E-state index contributed by atoms with van der Waals surface area (Å²) in [6, 6.07) is 8.29. The number of halogens is 1. The summed E-state index contributed by atoms with van der Waals surface area (Å²) in [5.41, 5.74) is 1.66. The topological polar surface area (TPSA) is 27.0 Å². The van der Waals surface area contributed by atoms with Crippen molar-refractivity contribution >= 4 is 17.3 Å². The minimum atomic E-state index is 0.596. The molecule has 0 amide bonds. The van der Waals surface area contributed by atoms with E-state index in [0.29, 0.717) is 16.6 Å². The maximum absolute atomic E-state index is 9.03. The van der Waals surface area contributed by atoms with Gasteiger partial charge in [-0.15, -0.1) is 0 Å². The van der Waals surface area contributed by atoms with Gasteiger partial charge in [-0.3, -0.25) is 0 Å². The van der Waals surface area contributed by atoms with E-state index < -0.39 is 0 Å². The minimum absolute atomic E-state index is 0.596. The van der Waals surface area contributed by atoms with Crippen LogP contribution in [0.25, 0.3) is 0 Å². The number of anilines is 1. The first kappa shape index (κ1) is 10.3. The van der Waals surface area contributed by atoms with Gasteiger partial charge in [0.2, 0.25) is 0 Å². The van der Waals surface area contributed by atoms with E-state index in [-0.39, 0.29) is 0 Å². The molecule has 78 valence electrons. The van der Waals surface area contributed by atoms with E-state index in [9.17, 15) is 0 Å². The van der Waals surface area contributed by atoms with Gasteiger partial charge >= 0.3 is 0 Å². The Morgan fingerprint density at radius 1 is 1.47 bits per heavy atom. The zero-order valence-electron chi connectivity index (χ0n) is 8.70. The van der Waals surface area contributed by atoms with Gasteiger partial charge in [0, 0.05) is 18.1 Å². The van der Waals surface area contributed by atoms with Gasteiger partial charge in [-0.1, -0.05) is 11.6 Å². The molecule has 0 spiro atoms. The first-order valence-electron chi connectivity index (χ1n) is 5.15. The number of hydrogen-bond acceptors (Lipinski definition) is 2. The molecular formula is C12H13ClN2. The zero-order chi connectivity index (χ0) is 10.8. The first-order chi connectivity index (χ1) is 7.22. The first-order valence-corrected chi connectivity index (χ1v) is 5.52. The lowest BCUT2D eigenvalue weighted by Crippen LogP contribution is -2.37. The summed E-state index contributed by atoms with van der Waals surface area (Å²) in [4.78, 5) is 2.19. The van der Waals surface area contributed by atoms with Gasteiger partial charge < -0.3 is 4.90 Å². The van der Waals surface area contributed by atoms with Crippen LogP contribution in [0.3, 0.4) is 0 Å². The van der Waals surface area contributed by atoms with Crippen LogP contribution >= 0.6 is 11.6 Å². The molecule has 1 aliphatic carbocycles. The van der Waals surface area contributed by atoms with Crippen LogP contribution in [0.2, 0.25) is 5.02 Å². The SMILES string of the molecule is CN(c1ccc(Cl)cc1C#N)C1CCC1. The van der Waals surface area contributed by atoms with Crippen molar-refractivity contribution < 1.29 is 0 Å². The van der Waals surface area contributed by atoms with Crippen molar-refractivity contribution in [1.29, 1.82) is 5.26 Å². The molecule has 0 heterocycles. The van der Waals surface area contributed by atoms with Crippen LogP contribution in [0.1, 0.15) is 24.8 Å². The van der Waals surface area contributed by atoms with Crippen molar-refractivity contribution in [2.75, 3.05) is 11.9 Å². The molecule has 3 heteroatoms. The Morgan fingerprint density at radius 3 is 2.73 bits per heavy atom. The zero-order valence-corrected chi connectivity index (χ0v) is 9.46. The van der Waals surface area contributed by atoms with Gasteiger partial charge in [0.15, 0.2) is 0 Å². The van der Waals surface area contributed by atoms with Gasteiger partial charge in [-0.2, -0.15) is 5.26 Å². The summed E-state index contributed by atoms with van der Waals surface area (Å²) >= 11 is 5.86. The van der Waals surface area contributed by atoms with Crippen LogP contribution < -0.4 is 4.90 Å². The Hall–Kier alpha value is -1.20. The van der Waals surface area contributed by atoms with Gasteiger partial charge in [0.1, 0.15) is 6.07 Å². The summed E-state index contributed by atoms with van der Waals surface area (Å²) < 4.78 is 0. The smallest absolute Gasteiger partial charge is 0.101 e. The van der Waals surface area contributed by atoms with Crippen molar-refractivity contribution in [3.05, 3.63) is 28.8 Å². The molecule has 15 heavy (non-hydrogen) atoms. The predicted octanol–water partition coefficient (Wildman–Crippen LogP) is 3.20. The van der Waals surface area contributed by atoms with E-state index in [0.717, 1.165) is 5.69 Å². The monoisotopic (exact) mass is 220 g/mol. The average molecular weight is 221 g/mol. The van der Waals surface area contributed by atoms with Gasteiger partial charge in [0.25, 0.3) is 0 Å². The summed E-state index contributed by atoms with van der Waals surface area (Å²) in [6.07, 6.45) is 3.75. The second kappa shape index (κ2) is 4.12. The molecule has 0 radical (unpaired) electrons. The molecule has 0 atom stereocenters. The molecule has 2 nitrogen and oxygen atoms in total. The maximum Gasteiger partial charge on any atom is 0.101 e. The fraction of sp³-hybridized carbons (Fsp3) is 0.417. The maximum atomic E-state index is 9.03. The third-order valence-corrected chi connectivity index (χ3v) is 3.32. The van der Waals surface area contributed by atoms with E-state index in [1.54, 1.807) is 6.07 Å². The molecular weight excluding hydrogens is 208 g/mol. The van der Waals surface area contributed by atoms with E-state index >= 15 is 0 Å². The number of benzene rings is 1. The largest absolute Gasteiger partial charge is 0.371 e. The second-order valence-corrected chi connectivity index (χ2v) is 4.41. The number of hydrogen-bond donors (Lipinski definition) is 0. The molecule has 1 aromatic carbocycles. The Morgan fingerprint density at radius 2 is 2.20 bits per heavy atom. The molecule has 1 saturated carbocycles. The van der Waals surface area contributed by atoms with Crippen LogP contribution in [-0.2, 0) is 0 Å². The predicted molar refractivity (Wildman–Crippen MR) is 62.2 cm³/mol. The Labute approximate surface area is 95.1 Å². The third kappa shape index (κ3) is 1.93. The van der Waals surface area contributed by atoms with E-state index in [1.165, 1.54) is 19.3 Å². The van der Waals surface area contributed by atoms with E-state index in [4.69, 9.17) is 16.9 Å². The van der Waals surface area contributed by atoms with E-state index in [1.807, 2.05) is 19.2 Å². The lowest BCUT2D eigenvalue weighted by Gasteiger charge is -2.36. The Kier molecular flexibility index (Phi) is 2.83. The summed E-state index contributed by atoms with van der Waals surface area (Å²) in [5.74, 6) is 0. The molecule has 0 N–H and O–H groups in total. The van der Waals surface area contributed by atoms with Crippen molar-refractivity contribution in [2.45, 2.75) is 25.3 Å². The van der Waals surface area contributed by atoms with Gasteiger partial charge in [-0.05, 0) is 37.5 Å². The molecule has 1 aromatic rings. The van der Waals surface area contributed by atoms with E-state index in [2.05, 4.69) is 11.0 Å². The number of nitrogens with zero attached hydrogens (tertiary/aromatic N) is 2. The average Bonchev–Trinajstić information content (AvgIpc) is 2.14. The number of nitriles is 1. The normalized spacial score (nSPS) is 15.5. The standard InChI is InChI=1S/C12H13ClN2/c1-15(11-3-2-4-11)12-6-5-10(13)7-9(12)8-14/h5-7,11H,2-4H2,1H3.